The lowest BCUT2D eigenvalue weighted by Gasteiger charge is -2.39. The van der Waals surface area contributed by atoms with E-state index in [1.54, 1.807) is 24.3 Å². The van der Waals surface area contributed by atoms with Gasteiger partial charge in [0.1, 0.15) is 17.0 Å². The van der Waals surface area contributed by atoms with Crippen LogP contribution in [-0.2, 0) is 11.2 Å². The number of hydrogen-bond donors (Lipinski definition) is 4. The second-order valence-electron chi connectivity index (χ2n) is 10.3. The quantitative estimate of drug-likeness (QED) is 0.151. The number of para-hydroxylation sites is 2. The largest absolute Gasteiger partial charge is 0.573 e. The SMILES string of the molecule is O=C(NC(CCC(O)(C(=O)NO)C1CCC(F)(F)CC1)Cc1ccc(OC(F)(F)F)cc1)c1cnc2ccccc2n1. The topological polar surface area (TPSA) is 134 Å². The molecule has 2 unspecified atom stereocenters. The van der Waals surface area contributed by atoms with Gasteiger partial charge in [-0.05, 0) is 67.9 Å². The zero-order valence-corrected chi connectivity index (χ0v) is 22.2. The van der Waals surface area contributed by atoms with Crippen molar-refractivity contribution in [3.63, 3.8) is 0 Å². The minimum absolute atomic E-state index is 0.0227. The molecule has 0 radical (unpaired) electrons. The van der Waals surface area contributed by atoms with Gasteiger partial charge in [-0.15, -0.1) is 13.2 Å². The Morgan fingerprint density at radius 1 is 1.05 bits per heavy atom. The van der Waals surface area contributed by atoms with Crippen molar-refractivity contribution in [3.8, 4) is 5.75 Å². The smallest absolute Gasteiger partial charge is 0.406 e. The third-order valence-electron chi connectivity index (χ3n) is 7.42. The first-order valence-corrected chi connectivity index (χ1v) is 13.2. The Kier molecular flexibility index (Phi) is 9.26. The molecule has 1 heterocycles. The number of nitrogens with one attached hydrogen (secondary N) is 2. The molecule has 226 valence electrons. The minimum Gasteiger partial charge on any atom is -0.406 e. The van der Waals surface area contributed by atoms with Crippen LogP contribution in [0.25, 0.3) is 11.0 Å². The van der Waals surface area contributed by atoms with E-state index in [9.17, 15) is 41.9 Å². The first kappa shape index (κ1) is 31.0. The molecular weight excluding hydrogens is 567 g/mol. The number of halogens is 5. The number of alkyl halides is 5. The summed E-state index contributed by atoms with van der Waals surface area (Å²) in [6.45, 7) is 0. The maximum atomic E-state index is 13.8. The van der Waals surface area contributed by atoms with E-state index in [1.165, 1.54) is 23.8 Å². The van der Waals surface area contributed by atoms with Crippen molar-refractivity contribution < 1.29 is 46.6 Å². The molecule has 42 heavy (non-hydrogen) atoms. The van der Waals surface area contributed by atoms with E-state index in [0.29, 0.717) is 16.6 Å². The summed E-state index contributed by atoms with van der Waals surface area (Å²) in [5, 5.41) is 23.4. The predicted octanol–water partition coefficient (Wildman–Crippen LogP) is 4.71. The number of hydroxylamine groups is 1. The fraction of sp³-hybridized carbons (Fsp3) is 0.429. The molecule has 0 saturated heterocycles. The van der Waals surface area contributed by atoms with Crippen molar-refractivity contribution in [2.45, 2.75) is 68.9 Å². The highest BCUT2D eigenvalue weighted by Crippen LogP contribution is 2.42. The van der Waals surface area contributed by atoms with E-state index >= 15 is 0 Å². The Labute approximate surface area is 237 Å². The van der Waals surface area contributed by atoms with Crippen molar-refractivity contribution >= 4 is 22.8 Å². The fourth-order valence-electron chi connectivity index (χ4n) is 5.17. The molecule has 4 N–H and O–H groups in total. The van der Waals surface area contributed by atoms with Crippen molar-refractivity contribution in [2.75, 3.05) is 0 Å². The van der Waals surface area contributed by atoms with Gasteiger partial charge >= 0.3 is 6.36 Å². The number of ether oxygens (including phenoxy) is 1. The van der Waals surface area contributed by atoms with E-state index in [1.807, 2.05) is 0 Å². The summed E-state index contributed by atoms with van der Waals surface area (Å²) in [5.74, 6) is -6.04. The van der Waals surface area contributed by atoms with Crippen LogP contribution in [-0.4, -0.2) is 56.0 Å². The third-order valence-corrected chi connectivity index (χ3v) is 7.42. The number of fused-ring (bicyclic) bond motifs is 1. The maximum Gasteiger partial charge on any atom is 0.573 e. The summed E-state index contributed by atoms with van der Waals surface area (Å²) in [7, 11) is 0. The predicted molar refractivity (Wildman–Crippen MR) is 139 cm³/mol. The average Bonchev–Trinajstić information content (AvgIpc) is 2.95. The first-order valence-electron chi connectivity index (χ1n) is 13.2. The molecule has 9 nitrogen and oxygen atoms in total. The number of aromatic nitrogens is 2. The minimum atomic E-state index is -4.88. The van der Waals surface area contributed by atoms with Gasteiger partial charge in [-0.25, -0.2) is 19.2 Å². The number of carbonyl (C=O) groups is 2. The fourth-order valence-corrected chi connectivity index (χ4v) is 5.17. The van der Waals surface area contributed by atoms with E-state index in [4.69, 9.17) is 0 Å². The lowest BCUT2D eigenvalue weighted by atomic mass is 9.72. The summed E-state index contributed by atoms with van der Waals surface area (Å²) in [6, 6.07) is 11.0. The summed E-state index contributed by atoms with van der Waals surface area (Å²) in [4.78, 5) is 34.3. The average molecular weight is 597 g/mol. The number of nitrogens with zero attached hydrogens (tertiary/aromatic N) is 2. The van der Waals surface area contributed by atoms with Gasteiger partial charge in [0, 0.05) is 18.9 Å². The van der Waals surface area contributed by atoms with Gasteiger partial charge in [-0.3, -0.25) is 19.8 Å². The monoisotopic (exact) mass is 596 g/mol. The van der Waals surface area contributed by atoms with Crippen LogP contribution in [0.15, 0.2) is 54.7 Å². The molecule has 3 aromatic rings. The number of carbonyl (C=O) groups excluding carboxylic acids is 2. The summed E-state index contributed by atoms with van der Waals surface area (Å²) >= 11 is 0. The van der Waals surface area contributed by atoms with Crippen LogP contribution >= 0.6 is 0 Å². The van der Waals surface area contributed by atoms with E-state index in [0.717, 1.165) is 12.1 Å². The first-order chi connectivity index (χ1) is 19.8. The van der Waals surface area contributed by atoms with Gasteiger partial charge < -0.3 is 15.2 Å². The molecule has 1 saturated carbocycles. The molecule has 1 aliphatic rings. The van der Waals surface area contributed by atoms with Gasteiger partial charge in [-0.2, -0.15) is 0 Å². The molecule has 0 spiro atoms. The van der Waals surface area contributed by atoms with E-state index in [-0.39, 0.29) is 37.8 Å². The van der Waals surface area contributed by atoms with Crippen molar-refractivity contribution in [1.29, 1.82) is 0 Å². The second kappa shape index (κ2) is 12.5. The molecule has 2 aromatic carbocycles. The lowest BCUT2D eigenvalue weighted by molar-refractivity contribution is -0.274. The lowest BCUT2D eigenvalue weighted by Crippen LogP contribution is -2.53. The third kappa shape index (κ3) is 7.88. The molecule has 14 heteroatoms. The standard InChI is InChI=1S/C28H29F5N4O5/c29-26(30)12-9-18(10-13-26)27(40,25(39)37-41)14-11-19(15-17-5-7-20(8-6-17)42-28(31,32)33)35-24(38)23-16-34-21-3-1-2-4-22(21)36-23/h1-8,16,18-19,40-41H,9-15H2,(H,35,38)(H,37,39). The van der Waals surface area contributed by atoms with Crippen LogP contribution in [0.2, 0.25) is 0 Å². The Balaban J connectivity index is 1.55. The van der Waals surface area contributed by atoms with Crippen LogP contribution < -0.4 is 15.5 Å². The number of amides is 2. The highest BCUT2D eigenvalue weighted by molar-refractivity contribution is 5.94. The van der Waals surface area contributed by atoms with Crippen LogP contribution in [0.1, 0.15) is 54.6 Å². The van der Waals surface area contributed by atoms with Crippen molar-refractivity contribution in [2.24, 2.45) is 5.92 Å². The van der Waals surface area contributed by atoms with Crippen LogP contribution in [0.5, 0.6) is 5.75 Å². The molecule has 0 bridgehead atoms. The van der Waals surface area contributed by atoms with Gasteiger partial charge in [-0.1, -0.05) is 24.3 Å². The molecule has 1 fully saturated rings. The second-order valence-corrected chi connectivity index (χ2v) is 10.3. The van der Waals surface area contributed by atoms with Crippen LogP contribution in [0, 0.1) is 5.92 Å². The van der Waals surface area contributed by atoms with Crippen LogP contribution in [0.3, 0.4) is 0 Å². The number of rotatable bonds is 10. The van der Waals surface area contributed by atoms with Crippen molar-refractivity contribution in [1.82, 2.24) is 20.8 Å². The normalized spacial score (nSPS) is 17.7. The number of benzene rings is 2. The highest BCUT2D eigenvalue weighted by atomic mass is 19.4. The summed E-state index contributed by atoms with van der Waals surface area (Å²) in [5.41, 5.74) is 0.690. The van der Waals surface area contributed by atoms with Gasteiger partial charge in [0.25, 0.3) is 11.8 Å². The van der Waals surface area contributed by atoms with E-state index in [2.05, 4.69) is 20.0 Å². The van der Waals surface area contributed by atoms with Crippen molar-refractivity contribution in [3.05, 3.63) is 66.0 Å². The Hall–Kier alpha value is -3.91. The molecule has 0 aliphatic heterocycles. The van der Waals surface area contributed by atoms with Gasteiger partial charge in [0.05, 0.1) is 17.2 Å². The van der Waals surface area contributed by atoms with E-state index < -0.39 is 60.3 Å². The molecule has 2 amide bonds. The van der Waals surface area contributed by atoms with Gasteiger partial charge in [0.2, 0.25) is 5.92 Å². The molecule has 1 aromatic heterocycles. The Morgan fingerprint density at radius 2 is 1.69 bits per heavy atom. The molecule has 2 atom stereocenters. The van der Waals surface area contributed by atoms with Crippen LogP contribution in [0.4, 0.5) is 22.0 Å². The maximum absolute atomic E-state index is 13.8. The Bertz CT molecular complexity index is 1400. The molecule has 4 rings (SSSR count). The summed E-state index contributed by atoms with van der Waals surface area (Å²) < 4.78 is 69.1. The molecule has 1 aliphatic carbocycles. The zero-order chi connectivity index (χ0) is 30.5. The zero-order valence-electron chi connectivity index (χ0n) is 22.2. The highest BCUT2D eigenvalue weighted by Gasteiger charge is 2.48. The molecular formula is C28H29F5N4O5. The summed E-state index contributed by atoms with van der Waals surface area (Å²) in [6.07, 6.45) is -5.34. The number of hydrogen-bond acceptors (Lipinski definition) is 7. The van der Waals surface area contributed by atoms with Gasteiger partial charge in [0.15, 0.2) is 0 Å². The number of aliphatic hydroxyl groups is 1. The Morgan fingerprint density at radius 3 is 2.31 bits per heavy atom.